The monoisotopic (exact) mass is 324 g/mol. The molecule has 2 aliphatic rings. The van der Waals surface area contributed by atoms with Gasteiger partial charge in [0.1, 0.15) is 17.4 Å². The van der Waals surface area contributed by atoms with Crippen LogP contribution in [0.2, 0.25) is 0 Å². The molecular formula is C18H28O5. The van der Waals surface area contributed by atoms with Gasteiger partial charge in [0.2, 0.25) is 5.78 Å². The van der Waals surface area contributed by atoms with Gasteiger partial charge in [-0.1, -0.05) is 39.5 Å². The van der Waals surface area contributed by atoms with Crippen molar-refractivity contribution in [1.82, 2.24) is 0 Å². The van der Waals surface area contributed by atoms with Gasteiger partial charge < -0.3 is 14.6 Å². The van der Waals surface area contributed by atoms with Crippen molar-refractivity contribution in [2.45, 2.75) is 89.9 Å². The second kappa shape index (κ2) is 8.48. The van der Waals surface area contributed by atoms with E-state index in [0.717, 1.165) is 44.9 Å². The fourth-order valence-electron chi connectivity index (χ4n) is 3.17. The van der Waals surface area contributed by atoms with E-state index in [9.17, 15) is 14.7 Å². The minimum atomic E-state index is -1.26. The summed E-state index contributed by atoms with van der Waals surface area (Å²) in [6.45, 7) is 4.19. The Bertz CT molecular complexity index is 468. The summed E-state index contributed by atoms with van der Waals surface area (Å²) in [5.41, 5.74) is -0.0664. The van der Waals surface area contributed by atoms with E-state index in [0.29, 0.717) is 18.6 Å². The number of hydrogen-bond donors (Lipinski definition) is 1. The number of ketones is 1. The summed E-state index contributed by atoms with van der Waals surface area (Å²) in [5.74, 6) is -0.756. The van der Waals surface area contributed by atoms with Crippen LogP contribution in [-0.2, 0) is 19.1 Å². The zero-order valence-electron chi connectivity index (χ0n) is 14.2. The quantitative estimate of drug-likeness (QED) is 0.337. The third-order valence-electron chi connectivity index (χ3n) is 4.58. The molecule has 2 heterocycles. The van der Waals surface area contributed by atoms with Gasteiger partial charge in [-0.2, -0.15) is 0 Å². The third-order valence-corrected chi connectivity index (χ3v) is 4.58. The molecule has 0 aliphatic carbocycles. The Balaban J connectivity index is 2.03. The molecule has 0 aromatic rings. The highest BCUT2D eigenvalue weighted by atomic mass is 16.6. The van der Waals surface area contributed by atoms with Crippen molar-refractivity contribution in [2.24, 2.45) is 0 Å². The van der Waals surface area contributed by atoms with Gasteiger partial charge in [0.05, 0.1) is 6.10 Å². The molecule has 0 aromatic heterocycles. The first-order chi connectivity index (χ1) is 11.1. The molecule has 2 saturated heterocycles. The van der Waals surface area contributed by atoms with Gasteiger partial charge in [-0.3, -0.25) is 4.79 Å². The minimum absolute atomic E-state index is 0.0664. The number of aliphatic hydroxyl groups is 1. The van der Waals surface area contributed by atoms with Crippen molar-refractivity contribution < 1.29 is 24.2 Å². The lowest BCUT2D eigenvalue weighted by Gasteiger charge is -2.28. The Morgan fingerprint density at radius 2 is 1.78 bits per heavy atom. The number of hydrogen-bond acceptors (Lipinski definition) is 5. The predicted octanol–water partition coefficient (Wildman–Crippen LogP) is 3.05. The van der Waals surface area contributed by atoms with Crippen molar-refractivity contribution in [3.63, 3.8) is 0 Å². The van der Waals surface area contributed by atoms with Crippen LogP contribution in [0.5, 0.6) is 0 Å². The van der Waals surface area contributed by atoms with Gasteiger partial charge in [0.25, 0.3) is 0 Å². The summed E-state index contributed by atoms with van der Waals surface area (Å²) < 4.78 is 11.1. The number of allylic oxidation sites excluding steroid dienone is 1. The van der Waals surface area contributed by atoms with Crippen LogP contribution >= 0.6 is 0 Å². The molecule has 130 valence electrons. The summed E-state index contributed by atoms with van der Waals surface area (Å²) in [4.78, 5) is 24.6. The molecule has 0 radical (unpaired) electrons. The van der Waals surface area contributed by atoms with E-state index in [1.54, 1.807) is 0 Å². The normalized spacial score (nSPS) is 31.2. The molecule has 2 fully saturated rings. The van der Waals surface area contributed by atoms with Crippen LogP contribution in [-0.4, -0.2) is 35.2 Å². The number of Topliss-reactive ketones (excluding diaryl/α,β-unsaturated/α-hetero) is 1. The lowest BCUT2D eigenvalue weighted by molar-refractivity contribution is -0.162. The molecule has 3 unspecified atom stereocenters. The van der Waals surface area contributed by atoms with Crippen LogP contribution in [0.4, 0.5) is 0 Å². The van der Waals surface area contributed by atoms with Gasteiger partial charge >= 0.3 is 5.97 Å². The van der Waals surface area contributed by atoms with Crippen molar-refractivity contribution >= 4 is 11.8 Å². The first-order valence-corrected chi connectivity index (χ1v) is 8.91. The summed E-state index contributed by atoms with van der Waals surface area (Å²) in [7, 11) is 0. The fraction of sp³-hybridized carbons (Fsp3) is 0.778. The predicted molar refractivity (Wildman–Crippen MR) is 85.7 cm³/mol. The zero-order chi connectivity index (χ0) is 16.8. The largest absolute Gasteiger partial charge is 0.494 e. The summed E-state index contributed by atoms with van der Waals surface area (Å²) in [6, 6.07) is 0. The van der Waals surface area contributed by atoms with E-state index >= 15 is 0 Å². The van der Waals surface area contributed by atoms with E-state index in [2.05, 4.69) is 13.8 Å². The Labute approximate surface area is 138 Å². The highest BCUT2D eigenvalue weighted by Gasteiger charge is 2.43. The van der Waals surface area contributed by atoms with E-state index < -0.39 is 24.0 Å². The summed E-state index contributed by atoms with van der Waals surface area (Å²) in [5, 5.41) is 10.2. The molecule has 2 rings (SSSR count). The molecule has 0 spiro atoms. The fourth-order valence-corrected chi connectivity index (χ4v) is 3.17. The average molecular weight is 324 g/mol. The van der Waals surface area contributed by atoms with Crippen LogP contribution in [0, 0.1) is 0 Å². The lowest BCUT2D eigenvalue weighted by Crippen LogP contribution is -2.46. The van der Waals surface area contributed by atoms with Crippen molar-refractivity contribution in [3.05, 3.63) is 11.3 Å². The molecule has 23 heavy (non-hydrogen) atoms. The highest BCUT2D eigenvalue weighted by Crippen LogP contribution is 2.32. The molecule has 2 aliphatic heterocycles. The summed E-state index contributed by atoms with van der Waals surface area (Å²) >= 11 is 0. The number of aliphatic hydroxyl groups excluding tert-OH is 1. The number of carbonyl (C=O) groups excluding carboxylic acids is 2. The molecule has 3 atom stereocenters. The molecule has 0 bridgehead atoms. The Morgan fingerprint density at radius 3 is 2.48 bits per heavy atom. The van der Waals surface area contributed by atoms with Crippen LogP contribution in [0.25, 0.3) is 0 Å². The van der Waals surface area contributed by atoms with E-state index in [1.807, 2.05) is 0 Å². The maximum Gasteiger partial charge on any atom is 0.345 e. The molecule has 5 nitrogen and oxygen atoms in total. The Morgan fingerprint density at radius 1 is 1.04 bits per heavy atom. The van der Waals surface area contributed by atoms with Gasteiger partial charge in [-0.25, -0.2) is 4.79 Å². The molecule has 1 N–H and O–H groups in total. The van der Waals surface area contributed by atoms with Crippen LogP contribution < -0.4 is 0 Å². The number of rotatable bonds is 7. The van der Waals surface area contributed by atoms with Gasteiger partial charge in [0, 0.05) is 6.42 Å². The number of carbonyl (C=O) groups is 2. The van der Waals surface area contributed by atoms with Crippen LogP contribution in [0.1, 0.15) is 71.6 Å². The highest BCUT2D eigenvalue weighted by molar-refractivity contribution is 6.21. The first-order valence-electron chi connectivity index (χ1n) is 8.91. The minimum Gasteiger partial charge on any atom is -0.494 e. The zero-order valence-corrected chi connectivity index (χ0v) is 14.2. The Kier molecular flexibility index (Phi) is 6.63. The average Bonchev–Trinajstić information content (AvgIpc) is 2.99. The number of esters is 1. The van der Waals surface area contributed by atoms with Gasteiger partial charge in [-0.15, -0.1) is 0 Å². The van der Waals surface area contributed by atoms with E-state index in [-0.39, 0.29) is 11.7 Å². The maximum atomic E-state index is 12.4. The maximum absolute atomic E-state index is 12.4. The second-order valence-electron chi connectivity index (χ2n) is 6.47. The smallest absolute Gasteiger partial charge is 0.345 e. The van der Waals surface area contributed by atoms with Crippen LogP contribution in [0.15, 0.2) is 11.3 Å². The van der Waals surface area contributed by atoms with Crippen molar-refractivity contribution in [1.29, 1.82) is 0 Å². The summed E-state index contributed by atoms with van der Waals surface area (Å²) in [6.07, 6.45) is 5.93. The van der Waals surface area contributed by atoms with Gasteiger partial charge in [0.15, 0.2) is 6.10 Å². The SMILES string of the molecule is CCCCCC1OC(=O)C(=C2CCC(CCCC)O2)C(=O)C1O. The molecule has 0 aromatic carbocycles. The van der Waals surface area contributed by atoms with Crippen LogP contribution in [0.3, 0.4) is 0 Å². The molecule has 5 heteroatoms. The molecule has 0 saturated carbocycles. The second-order valence-corrected chi connectivity index (χ2v) is 6.47. The van der Waals surface area contributed by atoms with Crippen molar-refractivity contribution in [3.8, 4) is 0 Å². The lowest BCUT2D eigenvalue weighted by atomic mass is 9.94. The Hall–Kier alpha value is -1.36. The standard InChI is InChI=1S/C18H28O5/c1-3-5-7-9-14-16(19)17(20)15(18(21)23-14)13-11-10-12(22-13)8-6-4-2/h12,14,16,19H,3-11H2,1-2H3. The van der Waals surface area contributed by atoms with Crippen molar-refractivity contribution in [2.75, 3.05) is 0 Å². The number of unbranched alkanes of at least 4 members (excludes halogenated alkanes) is 3. The topological polar surface area (TPSA) is 72.8 Å². The molecule has 0 amide bonds. The molecular weight excluding hydrogens is 296 g/mol. The van der Waals surface area contributed by atoms with Gasteiger partial charge in [-0.05, 0) is 25.7 Å². The number of cyclic esters (lactones) is 1. The number of ether oxygens (including phenoxy) is 2. The third kappa shape index (κ3) is 4.34. The first kappa shape index (κ1) is 18.0. The van der Waals surface area contributed by atoms with E-state index in [4.69, 9.17) is 9.47 Å². The van der Waals surface area contributed by atoms with E-state index in [1.165, 1.54) is 0 Å².